The van der Waals surface area contributed by atoms with Gasteiger partial charge in [-0.15, -0.1) is 0 Å². The third-order valence-electron chi connectivity index (χ3n) is 5.80. The molecule has 0 aliphatic carbocycles. The topological polar surface area (TPSA) is 96.5 Å². The Labute approximate surface area is 174 Å². The molecule has 2 aromatic carbocycles. The molecule has 7 nitrogen and oxygen atoms in total. The van der Waals surface area contributed by atoms with Crippen molar-refractivity contribution in [3.8, 4) is 11.4 Å². The summed E-state index contributed by atoms with van der Waals surface area (Å²) in [4.78, 5) is 31.1. The Morgan fingerprint density at radius 1 is 1.07 bits per heavy atom. The van der Waals surface area contributed by atoms with E-state index in [2.05, 4.69) is 10.1 Å². The Balaban J connectivity index is 1.47. The van der Waals surface area contributed by atoms with Gasteiger partial charge in [-0.2, -0.15) is 4.98 Å². The van der Waals surface area contributed by atoms with Crippen LogP contribution in [0.4, 0.5) is 0 Å². The molecule has 1 N–H and O–H groups in total. The van der Waals surface area contributed by atoms with Crippen LogP contribution in [0.3, 0.4) is 0 Å². The fourth-order valence-electron chi connectivity index (χ4n) is 3.93. The molecule has 154 valence electrons. The molecule has 0 saturated carbocycles. The molecule has 1 amide bonds. The lowest BCUT2D eigenvalue weighted by atomic mass is 9.73. The van der Waals surface area contributed by atoms with Crippen LogP contribution in [-0.4, -0.2) is 45.1 Å². The van der Waals surface area contributed by atoms with E-state index in [-0.39, 0.29) is 5.91 Å². The Hall–Kier alpha value is -3.48. The first-order chi connectivity index (χ1) is 14.5. The normalized spacial score (nSPS) is 15.7. The van der Waals surface area contributed by atoms with Crippen LogP contribution in [0.25, 0.3) is 11.4 Å². The molecular formula is C23H23N3O4. The minimum Gasteiger partial charge on any atom is -0.481 e. The van der Waals surface area contributed by atoms with Gasteiger partial charge in [0, 0.05) is 30.6 Å². The van der Waals surface area contributed by atoms with Crippen molar-refractivity contribution in [1.82, 2.24) is 15.0 Å². The number of nitrogens with zero attached hydrogens (tertiary/aromatic N) is 3. The number of aryl methyl sites for hydroxylation is 1. The first kappa shape index (κ1) is 19.8. The second-order valence-electron chi connectivity index (χ2n) is 7.49. The van der Waals surface area contributed by atoms with E-state index in [4.69, 9.17) is 4.52 Å². The van der Waals surface area contributed by atoms with Crippen LogP contribution in [-0.2, 0) is 16.6 Å². The summed E-state index contributed by atoms with van der Waals surface area (Å²) in [5.41, 5.74) is 1.18. The number of amides is 1. The molecule has 1 aliphatic heterocycles. The van der Waals surface area contributed by atoms with Gasteiger partial charge < -0.3 is 14.5 Å². The highest BCUT2D eigenvalue weighted by atomic mass is 16.5. The number of likely N-dealkylation sites (tertiary alicyclic amines) is 1. The van der Waals surface area contributed by atoms with Gasteiger partial charge in [0.2, 0.25) is 11.7 Å². The predicted molar refractivity (Wildman–Crippen MR) is 110 cm³/mol. The van der Waals surface area contributed by atoms with Crippen LogP contribution in [0.5, 0.6) is 0 Å². The highest BCUT2D eigenvalue weighted by Crippen LogP contribution is 2.36. The lowest BCUT2D eigenvalue weighted by Crippen LogP contribution is -2.49. The van der Waals surface area contributed by atoms with E-state index in [0.717, 1.165) is 11.1 Å². The highest BCUT2D eigenvalue weighted by Gasteiger charge is 2.43. The standard InChI is InChI=1S/C23H23N3O4/c1-2-19-24-20(25-30-19)16-8-10-17(11-9-16)21(27)26-14-12-23(13-15-26,22(28)29)18-6-4-3-5-7-18/h3-11H,2,12-15H2,1H3,(H,28,29). The number of carbonyl (C=O) groups excluding carboxylic acids is 1. The zero-order valence-electron chi connectivity index (χ0n) is 16.7. The maximum absolute atomic E-state index is 12.9. The van der Waals surface area contributed by atoms with Crippen LogP contribution in [0.15, 0.2) is 59.1 Å². The fourth-order valence-corrected chi connectivity index (χ4v) is 3.93. The lowest BCUT2D eigenvalue weighted by Gasteiger charge is -2.39. The summed E-state index contributed by atoms with van der Waals surface area (Å²) in [7, 11) is 0. The Bertz CT molecular complexity index is 1040. The third kappa shape index (κ3) is 3.58. The number of hydrogen-bond acceptors (Lipinski definition) is 5. The second kappa shape index (κ2) is 8.10. The average Bonchev–Trinajstić information content (AvgIpc) is 3.29. The minimum atomic E-state index is -0.947. The number of piperidine rings is 1. The van der Waals surface area contributed by atoms with Gasteiger partial charge in [-0.1, -0.05) is 54.5 Å². The van der Waals surface area contributed by atoms with E-state index >= 15 is 0 Å². The Morgan fingerprint density at radius 3 is 2.30 bits per heavy atom. The number of aliphatic carboxylic acids is 1. The van der Waals surface area contributed by atoms with Crippen molar-refractivity contribution >= 4 is 11.9 Å². The van der Waals surface area contributed by atoms with Crippen LogP contribution in [0, 0.1) is 0 Å². The number of carboxylic acids is 1. The highest BCUT2D eigenvalue weighted by molar-refractivity contribution is 5.95. The van der Waals surface area contributed by atoms with E-state index in [1.165, 1.54) is 0 Å². The van der Waals surface area contributed by atoms with Crippen molar-refractivity contribution in [3.63, 3.8) is 0 Å². The summed E-state index contributed by atoms with van der Waals surface area (Å²) in [5.74, 6) is 0.129. The quantitative estimate of drug-likeness (QED) is 0.697. The molecular weight excluding hydrogens is 382 g/mol. The fraction of sp³-hybridized carbons (Fsp3) is 0.304. The van der Waals surface area contributed by atoms with E-state index in [0.29, 0.717) is 49.6 Å². The molecule has 1 aliphatic rings. The zero-order valence-corrected chi connectivity index (χ0v) is 16.7. The molecule has 0 unspecified atom stereocenters. The van der Waals surface area contributed by atoms with Gasteiger partial charge >= 0.3 is 5.97 Å². The van der Waals surface area contributed by atoms with E-state index in [1.54, 1.807) is 29.2 Å². The molecule has 30 heavy (non-hydrogen) atoms. The largest absolute Gasteiger partial charge is 0.481 e. The van der Waals surface area contributed by atoms with Gasteiger partial charge in [0.15, 0.2) is 0 Å². The molecule has 0 radical (unpaired) electrons. The van der Waals surface area contributed by atoms with E-state index in [1.807, 2.05) is 37.3 Å². The number of benzene rings is 2. The van der Waals surface area contributed by atoms with Crippen molar-refractivity contribution < 1.29 is 19.2 Å². The molecule has 7 heteroatoms. The maximum Gasteiger partial charge on any atom is 0.314 e. The summed E-state index contributed by atoms with van der Waals surface area (Å²) in [6, 6.07) is 16.4. The van der Waals surface area contributed by atoms with Crippen molar-refractivity contribution in [2.75, 3.05) is 13.1 Å². The number of rotatable bonds is 5. The lowest BCUT2D eigenvalue weighted by molar-refractivity contribution is -0.145. The molecule has 3 aromatic rings. The first-order valence-corrected chi connectivity index (χ1v) is 10.0. The smallest absolute Gasteiger partial charge is 0.314 e. The summed E-state index contributed by atoms with van der Waals surface area (Å²) in [6.45, 7) is 2.73. The summed E-state index contributed by atoms with van der Waals surface area (Å²) >= 11 is 0. The second-order valence-corrected chi connectivity index (χ2v) is 7.49. The van der Waals surface area contributed by atoms with Gasteiger partial charge in [-0.05, 0) is 30.5 Å². The number of carboxylic acid groups (broad SMARTS) is 1. The van der Waals surface area contributed by atoms with Crippen LogP contribution in [0.1, 0.15) is 41.6 Å². The summed E-state index contributed by atoms with van der Waals surface area (Å²) in [5, 5.41) is 13.9. The minimum absolute atomic E-state index is 0.101. The number of aromatic nitrogens is 2. The van der Waals surface area contributed by atoms with Crippen molar-refractivity contribution in [2.45, 2.75) is 31.6 Å². The van der Waals surface area contributed by atoms with E-state index < -0.39 is 11.4 Å². The maximum atomic E-state index is 12.9. The molecule has 4 rings (SSSR count). The van der Waals surface area contributed by atoms with Gasteiger partial charge in [-0.25, -0.2) is 0 Å². The molecule has 2 heterocycles. The first-order valence-electron chi connectivity index (χ1n) is 10.0. The predicted octanol–water partition coefficient (Wildman–Crippen LogP) is 3.56. The van der Waals surface area contributed by atoms with Gasteiger partial charge in [0.1, 0.15) is 0 Å². The molecule has 0 bridgehead atoms. The number of hydrogen-bond donors (Lipinski definition) is 1. The number of carbonyl (C=O) groups is 2. The molecule has 1 aromatic heterocycles. The third-order valence-corrected chi connectivity index (χ3v) is 5.80. The van der Waals surface area contributed by atoms with Gasteiger partial charge in [-0.3, -0.25) is 9.59 Å². The van der Waals surface area contributed by atoms with Crippen molar-refractivity contribution in [3.05, 3.63) is 71.6 Å². The monoisotopic (exact) mass is 405 g/mol. The average molecular weight is 405 g/mol. The molecule has 1 fully saturated rings. The van der Waals surface area contributed by atoms with E-state index in [9.17, 15) is 14.7 Å². The van der Waals surface area contributed by atoms with Crippen LogP contribution >= 0.6 is 0 Å². The van der Waals surface area contributed by atoms with Crippen molar-refractivity contribution in [1.29, 1.82) is 0 Å². The van der Waals surface area contributed by atoms with Gasteiger partial charge in [0.05, 0.1) is 5.41 Å². The Morgan fingerprint density at radius 2 is 1.73 bits per heavy atom. The van der Waals surface area contributed by atoms with Crippen LogP contribution in [0.2, 0.25) is 0 Å². The zero-order chi connectivity index (χ0) is 21.1. The summed E-state index contributed by atoms with van der Waals surface area (Å²) < 4.78 is 5.13. The summed E-state index contributed by atoms with van der Waals surface area (Å²) in [6.07, 6.45) is 1.44. The molecule has 0 atom stereocenters. The SMILES string of the molecule is CCc1nc(-c2ccc(C(=O)N3CCC(C(=O)O)(c4ccccc4)CC3)cc2)no1. The molecule has 0 spiro atoms. The van der Waals surface area contributed by atoms with Gasteiger partial charge in [0.25, 0.3) is 5.91 Å². The Kier molecular flexibility index (Phi) is 5.35. The molecule has 1 saturated heterocycles. The van der Waals surface area contributed by atoms with Crippen molar-refractivity contribution in [2.24, 2.45) is 0 Å². The van der Waals surface area contributed by atoms with Crippen LogP contribution < -0.4 is 0 Å².